The number of carbonyl (C=O) groups excluding carboxylic acids is 2. The molecule has 0 radical (unpaired) electrons. The highest BCUT2D eigenvalue weighted by Crippen LogP contribution is 2.22. The summed E-state index contributed by atoms with van der Waals surface area (Å²) in [4.78, 5) is 28.9. The maximum atomic E-state index is 13.0. The van der Waals surface area contributed by atoms with Crippen molar-refractivity contribution in [2.45, 2.75) is 46.1 Å². The first kappa shape index (κ1) is 16.5. The summed E-state index contributed by atoms with van der Waals surface area (Å²) >= 11 is 0. The molecule has 6 nitrogen and oxygen atoms in total. The first-order valence-corrected chi connectivity index (χ1v) is 7.94. The van der Waals surface area contributed by atoms with Crippen LogP contribution in [0.3, 0.4) is 0 Å². The molecule has 0 spiro atoms. The molecule has 22 heavy (non-hydrogen) atoms. The molecule has 2 amide bonds. The third-order valence-corrected chi connectivity index (χ3v) is 4.53. The molecule has 0 aromatic carbocycles. The molecule has 0 bridgehead atoms. The Labute approximate surface area is 132 Å². The number of aromatic nitrogens is 2. The van der Waals surface area contributed by atoms with Crippen molar-refractivity contribution in [1.82, 2.24) is 19.6 Å². The van der Waals surface area contributed by atoms with Crippen LogP contribution in [0.25, 0.3) is 0 Å². The molecule has 6 heteroatoms. The van der Waals surface area contributed by atoms with Crippen LogP contribution < -0.4 is 0 Å². The highest BCUT2D eigenvalue weighted by Gasteiger charge is 2.37. The molecule has 0 aliphatic carbocycles. The summed E-state index contributed by atoms with van der Waals surface area (Å²) < 4.78 is 1.72. The first-order valence-electron chi connectivity index (χ1n) is 7.94. The van der Waals surface area contributed by atoms with Gasteiger partial charge in [-0.25, -0.2) is 0 Å². The van der Waals surface area contributed by atoms with Crippen LogP contribution in [0.2, 0.25) is 0 Å². The van der Waals surface area contributed by atoms with Gasteiger partial charge >= 0.3 is 0 Å². The van der Waals surface area contributed by atoms with Crippen molar-refractivity contribution >= 4 is 11.8 Å². The van der Waals surface area contributed by atoms with E-state index in [0.717, 1.165) is 30.7 Å². The van der Waals surface area contributed by atoms with Gasteiger partial charge in [-0.1, -0.05) is 19.8 Å². The molecule has 0 unspecified atom stereocenters. The van der Waals surface area contributed by atoms with E-state index >= 15 is 0 Å². The molecule has 1 aliphatic rings. The summed E-state index contributed by atoms with van der Waals surface area (Å²) in [6, 6.07) is -0.342. The zero-order valence-corrected chi connectivity index (χ0v) is 14.2. The minimum absolute atomic E-state index is 0.0484. The van der Waals surface area contributed by atoms with Gasteiger partial charge in [0.25, 0.3) is 5.91 Å². The topological polar surface area (TPSA) is 58.4 Å². The van der Waals surface area contributed by atoms with Crippen LogP contribution in [-0.4, -0.2) is 57.6 Å². The third-order valence-electron chi connectivity index (χ3n) is 4.53. The van der Waals surface area contributed by atoms with E-state index in [0.29, 0.717) is 18.7 Å². The number of unbranched alkanes of at least 4 members (excludes halogenated alkanes) is 1. The largest absolute Gasteiger partial charge is 0.342 e. The minimum Gasteiger partial charge on any atom is -0.342 e. The monoisotopic (exact) mass is 306 g/mol. The van der Waals surface area contributed by atoms with E-state index < -0.39 is 0 Å². The Kier molecular flexibility index (Phi) is 4.88. The molecule has 2 heterocycles. The van der Waals surface area contributed by atoms with Crippen molar-refractivity contribution in [2.75, 3.05) is 20.1 Å². The Morgan fingerprint density at radius 1 is 1.27 bits per heavy atom. The van der Waals surface area contributed by atoms with Crippen LogP contribution in [0, 0.1) is 13.8 Å². The van der Waals surface area contributed by atoms with Gasteiger partial charge in [0, 0.05) is 32.9 Å². The molecule has 1 fully saturated rings. The second-order valence-electron chi connectivity index (χ2n) is 6.09. The molecule has 1 aromatic heterocycles. The number of nitrogens with zero attached hydrogens (tertiary/aromatic N) is 4. The van der Waals surface area contributed by atoms with Gasteiger partial charge in [0.2, 0.25) is 5.91 Å². The van der Waals surface area contributed by atoms with E-state index in [4.69, 9.17) is 0 Å². The lowest BCUT2D eigenvalue weighted by Gasteiger charge is -2.39. The van der Waals surface area contributed by atoms with Crippen molar-refractivity contribution in [3.8, 4) is 0 Å². The van der Waals surface area contributed by atoms with Crippen LogP contribution in [-0.2, 0) is 11.8 Å². The molecule has 0 saturated carbocycles. The Balaban J connectivity index is 2.31. The second-order valence-corrected chi connectivity index (χ2v) is 6.09. The molecule has 1 aliphatic heterocycles. The molecule has 0 N–H and O–H groups in total. The van der Waals surface area contributed by atoms with Gasteiger partial charge in [0.1, 0.15) is 6.04 Å². The van der Waals surface area contributed by atoms with Gasteiger partial charge in [-0.15, -0.1) is 0 Å². The lowest BCUT2D eigenvalue weighted by molar-refractivity contribution is -0.138. The summed E-state index contributed by atoms with van der Waals surface area (Å²) in [6.07, 6.45) is 2.68. The van der Waals surface area contributed by atoms with E-state index in [1.54, 1.807) is 14.5 Å². The standard InChI is InChI=1S/C16H26N4O2/c1-6-7-8-13-15(21)18(4)9-10-20(13)16(22)14-11(2)17-19(5)12(14)3/h13H,6-10H2,1-5H3/t13-/m0/s1. The second kappa shape index (κ2) is 6.50. The fourth-order valence-electron chi connectivity index (χ4n) is 3.06. The lowest BCUT2D eigenvalue weighted by atomic mass is 10.0. The number of aryl methyl sites for hydroxylation is 2. The number of piperazine rings is 1. The van der Waals surface area contributed by atoms with E-state index in [1.807, 2.05) is 27.9 Å². The van der Waals surface area contributed by atoms with Crippen LogP contribution >= 0.6 is 0 Å². The summed E-state index contributed by atoms with van der Waals surface area (Å²) in [5.41, 5.74) is 2.22. The van der Waals surface area contributed by atoms with Crippen molar-refractivity contribution in [2.24, 2.45) is 7.05 Å². The number of hydrogen-bond donors (Lipinski definition) is 0. The maximum Gasteiger partial charge on any atom is 0.258 e. The average molecular weight is 306 g/mol. The zero-order chi connectivity index (χ0) is 16.4. The summed E-state index contributed by atoms with van der Waals surface area (Å²) in [6.45, 7) is 7.01. The number of hydrogen-bond acceptors (Lipinski definition) is 3. The quantitative estimate of drug-likeness (QED) is 0.847. The summed E-state index contributed by atoms with van der Waals surface area (Å²) in [7, 11) is 3.65. The van der Waals surface area contributed by atoms with E-state index in [1.165, 1.54) is 0 Å². The molecule has 122 valence electrons. The van der Waals surface area contributed by atoms with Gasteiger partial charge in [0.15, 0.2) is 0 Å². The Hall–Kier alpha value is -1.85. The van der Waals surface area contributed by atoms with Crippen LogP contribution in [0.4, 0.5) is 0 Å². The van der Waals surface area contributed by atoms with Crippen molar-refractivity contribution in [1.29, 1.82) is 0 Å². The van der Waals surface area contributed by atoms with E-state index in [9.17, 15) is 9.59 Å². The SMILES string of the molecule is CCCC[C@H]1C(=O)N(C)CCN1C(=O)c1c(C)nn(C)c1C. The number of rotatable bonds is 4. The fraction of sp³-hybridized carbons (Fsp3) is 0.688. The highest BCUT2D eigenvalue weighted by molar-refractivity contribution is 5.99. The predicted molar refractivity (Wildman–Crippen MR) is 84.7 cm³/mol. The summed E-state index contributed by atoms with van der Waals surface area (Å²) in [5.74, 6) is -0.0158. The van der Waals surface area contributed by atoms with Gasteiger partial charge in [-0.05, 0) is 20.3 Å². The Bertz CT molecular complexity index is 579. The first-order chi connectivity index (χ1) is 10.4. The molecule has 1 aromatic rings. The summed E-state index contributed by atoms with van der Waals surface area (Å²) in [5, 5.41) is 4.32. The minimum atomic E-state index is -0.342. The van der Waals surface area contributed by atoms with Gasteiger partial charge < -0.3 is 9.80 Å². The Morgan fingerprint density at radius 2 is 1.95 bits per heavy atom. The number of amides is 2. The number of likely N-dealkylation sites (N-methyl/N-ethyl adjacent to an activating group) is 1. The molecule has 1 saturated heterocycles. The van der Waals surface area contributed by atoms with E-state index in [2.05, 4.69) is 12.0 Å². The van der Waals surface area contributed by atoms with Gasteiger partial charge in [0.05, 0.1) is 11.3 Å². The molecular formula is C16H26N4O2. The zero-order valence-electron chi connectivity index (χ0n) is 14.2. The average Bonchev–Trinajstić information content (AvgIpc) is 2.73. The van der Waals surface area contributed by atoms with Crippen molar-refractivity contribution in [3.63, 3.8) is 0 Å². The smallest absolute Gasteiger partial charge is 0.258 e. The van der Waals surface area contributed by atoms with E-state index in [-0.39, 0.29) is 17.9 Å². The Morgan fingerprint density at radius 3 is 2.50 bits per heavy atom. The molecular weight excluding hydrogens is 280 g/mol. The molecule has 1 atom stereocenters. The lowest BCUT2D eigenvalue weighted by Crippen LogP contribution is -2.57. The normalized spacial score (nSPS) is 19.0. The predicted octanol–water partition coefficient (Wildman–Crippen LogP) is 1.51. The molecule has 2 rings (SSSR count). The van der Waals surface area contributed by atoms with Crippen molar-refractivity contribution in [3.05, 3.63) is 17.0 Å². The van der Waals surface area contributed by atoms with Gasteiger partial charge in [-0.2, -0.15) is 5.10 Å². The van der Waals surface area contributed by atoms with Crippen LogP contribution in [0.1, 0.15) is 47.9 Å². The van der Waals surface area contributed by atoms with Crippen LogP contribution in [0.15, 0.2) is 0 Å². The third kappa shape index (κ3) is 2.87. The number of carbonyl (C=O) groups is 2. The maximum absolute atomic E-state index is 13.0. The van der Waals surface area contributed by atoms with Crippen molar-refractivity contribution < 1.29 is 9.59 Å². The highest BCUT2D eigenvalue weighted by atomic mass is 16.2. The fourth-order valence-corrected chi connectivity index (χ4v) is 3.06. The van der Waals surface area contributed by atoms with Gasteiger partial charge in [-0.3, -0.25) is 14.3 Å². The van der Waals surface area contributed by atoms with Crippen LogP contribution in [0.5, 0.6) is 0 Å².